The fourth-order valence-corrected chi connectivity index (χ4v) is 2.81. The van der Waals surface area contributed by atoms with Crippen LogP contribution in [0.3, 0.4) is 0 Å². The van der Waals surface area contributed by atoms with Gasteiger partial charge in [-0.2, -0.15) is 0 Å². The van der Waals surface area contributed by atoms with Crippen molar-refractivity contribution in [1.29, 1.82) is 0 Å². The summed E-state index contributed by atoms with van der Waals surface area (Å²) in [6.45, 7) is 1.88. The van der Waals surface area contributed by atoms with E-state index in [1.54, 1.807) is 6.07 Å². The molecule has 0 saturated carbocycles. The summed E-state index contributed by atoms with van der Waals surface area (Å²) < 4.78 is 6.11. The van der Waals surface area contributed by atoms with E-state index in [1.165, 1.54) is 7.11 Å². The molecule has 2 N–H and O–H groups in total. The molecule has 0 spiro atoms. The smallest absolute Gasteiger partial charge is 0.261 e. The van der Waals surface area contributed by atoms with Gasteiger partial charge in [-0.1, -0.05) is 34.1 Å². The fraction of sp³-hybridized carbons (Fsp3) is 0.125. The number of thiocarbonyl (C=S) groups is 1. The number of ether oxygens (including phenoxy) is 1. The van der Waals surface area contributed by atoms with E-state index in [0.29, 0.717) is 11.3 Å². The molecule has 0 aliphatic carbocycles. The predicted octanol–water partition coefficient (Wildman–Crippen LogP) is 3.89. The molecule has 0 aliphatic heterocycles. The lowest BCUT2D eigenvalue weighted by Gasteiger charge is -2.13. The molecule has 2 aromatic rings. The Balaban J connectivity index is 2.14. The molecule has 0 radical (unpaired) electrons. The zero-order valence-electron chi connectivity index (χ0n) is 12.1. The second-order valence-electron chi connectivity index (χ2n) is 4.58. The zero-order valence-corrected chi connectivity index (χ0v) is 14.5. The molecule has 22 heavy (non-hydrogen) atoms. The van der Waals surface area contributed by atoms with Gasteiger partial charge in [0, 0.05) is 10.2 Å². The van der Waals surface area contributed by atoms with Crippen molar-refractivity contribution in [3.8, 4) is 5.75 Å². The Morgan fingerprint density at radius 2 is 1.91 bits per heavy atom. The van der Waals surface area contributed by atoms with Crippen molar-refractivity contribution in [3.05, 3.63) is 58.1 Å². The molecule has 1 amide bonds. The van der Waals surface area contributed by atoms with Crippen LogP contribution in [0, 0.1) is 6.92 Å². The van der Waals surface area contributed by atoms with E-state index in [-0.39, 0.29) is 11.0 Å². The summed E-state index contributed by atoms with van der Waals surface area (Å²) in [4.78, 5) is 12.4. The molecule has 0 atom stereocenters. The van der Waals surface area contributed by atoms with Crippen LogP contribution in [0.4, 0.5) is 5.69 Å². The second kappa shape index (κ2) is 7.38. The lowest BCUT2D eigenvalue weighted by molar-refractivity contribution is 0.0974. The number of aryl methyl sites for hydroxylation is 1. The van der Waals surface area contributed by atoms with Crippen LogP contribution in [0.25, 0.3) is 0 Å². The summed E-state index contributed by atoms with van der Waals surface area (Å²) in [7, 11) is 1.54. The van der Waals surface area contributed by atoms with Crippen LogP contribution >= 0.6 is 28.1 Å². The van der Waals surface area contributed by atoms with E-state index < -0.39 is 0 Å². The molecule has 0 bridgehead atoms. The summed E-state index contributed by atoms with van der Waals surface area (Å²) in [5.41, 5.74) is 2.10. The molecule has 2 aromatic carbocycles. The van der Waals surface area contributed by atoms with E-state index in [4.69, 9.17) is 17.0 Å². The summed E-state index contributed by atoms with van der Waals surface area (Å²) in [5.74, 6) is 0.206. The van der Waals surface area contributed by atoms with Gasteiger partial charge in [0.2, 0.25) is 0 Å². The Kier molecular flexibility index (Phi) is 5.51. The predicted molar refractivity (Wildman–Crippen MR) is 95.6 cm³/mol. The minimum absolute atomic E-state index is 0.232. The van der Waals surface area contributed by atoms with Crippen LogP contribution in [0.1, 0.15) is 15.9 Å². The highest BCUT2D eigenvalue weighted by Gasteiger charge is 2.16. The Labute approximate surface area is 143 Å². The lowest BCUT2D eigenvalue weighted by Crippen LogP contribution is -2.34. The van der Waals surface area contributed by atoms with Crippen molar-refractivity contribution in [2.45, 2.75) is 6.92 Å². The van der Waals surface area contributed by atoms with Crippen LogP contribution in [-0.4, -0.2) is 18.1 Å². The molecule has 2 rings (SSSR count). The quantitative estimate of drug-likeness (QED) is 0.795. The lowest BCUT2D eigenvalue weighted by atomic mass is 10.1. The van der Waals surface area contributed by atoms with Gasteiger partial charge in [-0.05, 0) is 49.0 Å². The van der Waals surface area contributed by atoms with Gasteiger partial charge < -0.3 is 10.1 Å². The number of amides is 1. The van der Waals surface area contributed by atoms with E-state index in [9.17, 15) is 4.79 Å². The minimum atomic E-state index is -0.324. The Morgan fingerprint density at radius 1 is 1.23 bits per heavy atom. The topological polar surface area (TPSA) is 50.4 Å². The van der Waals surface area contributed by atoms with Gasteiger partial charge in [-0.15, -0.1) is 0 Å². The first-order valence-electron chi connectivity index (χ1n) is 6.52. The van der Waals surface area contributed by atoms with Crippen LogP contribution in [0.2, 0.25) is 0 Å². The van der Waals surface area contributed by atoms with Crippen molar-refractivity contribution in [2.75, 3.05) is 12.4 Å². The number of nitrogens with one attached hydrogen (secondary N) is 2. The van der Waals surface area contributed by atoms with Crippen molar-refractivity contribution in [2.24, 2.45) is 0 Å². The maximum atomic E-state index is 12.4. The number of para-hydroxylation sites is 1. The highest BCUT2D eigenvalue weighted by molar-refractivity contribution is 9.10. The van der Waals surface area contributed by atoms with E-state index >= 15 is 0 Å². The molecule has 0 heterocycles. The Hall–Kier alpha value is -1.92. The normalized spacial score (nSPS) is 9.95. The van der Waals surface area contributed by atoms with Crippen LogP contribution in [-0.2, 0) is 0 Å². The zero-order chi connectivity index (χ0) is 16.1. The molecule has 6 heteroatoms. The number of methoxy groups -OCH3 is 1. The van der Waals surface area contributed by atoms with Gasteiger partial charge in [0.05, 0.1) is 12.7 Å². The van der Waals surface area contributed by atoms with Crippen molar-refractivity contribution < 1.29 is 9.53 Å². The molecule has 114 valence electrons. The standard InChI is InChI=1S/C16H15BrN2O2S/c1-10-8-11(17)9-13(14(10)21-2)15(20)19-16(22)18-12-6-4-3-5-7-12/h3-9H,1-2H3,(H2,18,19,20,22). The number of hydrogen-bond donors (Lipinski definition) is 2. The van der Waals surface area contributed by atoms with E-state index in [1.807, 2.05) is 43.3 Å². The minimum Gasteiger partial charge on any atom is -0.496 e. The molecular formula is C16H15BrN2O2S. The van der Waals surface area contributed by atoms with Gasteiger partial charge >= 0.3 is 0 Å². The first-order valence-corrected chi connectivity index (χ1v) is 7.73. The Morgan fingerprint density at radius 3 is 2.55 bits per heavy atom. The number of carbonyl (C=O) groups excluding carboxylic acids is 1. The van der Waals surface area contributed by atoms with Gasteiger partial charge in [0.1, 0.15) is 5.75 Å². The number of anilines is 1. The van der Waals surface area contributed by atoms with Crippen LogP contribution < -0.4 is 15.4 Å². The number of carbonyl (C=O) groups is 1. The summed E-state index contributed by atoms with van der Waals surface area (Å²) >= 11 is 8.54. The third kappa shape index (κ3) is 4.05. The van der Waals surface area contributed by atoms with Gasteiger partial charge in [-0.3, -0.25) is 10.1 Å². The highest BCUT2D eigenvalue weighted by Crippen LogP contribution is 2.27. The Bertz CT molecular complexity index is 705. The molecule has 0 fully saturated rings. The number of rotatable bonds is 3. The molecule has 0 unspecified atom stereocenters. The largest absolute Gasteiger partial charge is 0.496 e. The third-order valence-corrected chi connectivity index (χ3v) is 3.61. The summed E-state index contributed by atoms with van der Waals surface area (Å²) in [6, 6.07) is 13.0. The van der Waals surface area contributed by atoms with Crippen molar-refractivity contribution in [1.82, 2.24) is 5.32 Å². The molecular weight excluding hydrogens is 364 g/mol. The van der Waals surface area contributed by atoms with E-state index in [0.717, 1.165) is 15.7 Å². The monoisotopic (exact) mass is 378 g/mol. The van der Waals surface area contributed by atoms with Crippen molar-refractivity contribution >= 4 is 44.9 Å². The third-order valence-electron chi connectivity index (χ3n) is 2.95. The highest BCUT2D eigenvalue weighted by atomic mass is 79.9. The SMILES string of the molecule is COc1c(C)cc(Br)cc1C(=O)NC(=S)Nc1ccccc1. The van der Waals surface area contributed by atoms with Crippen LogP contribution in [0.5, 0.6) is 5.75 Å². The first-order chi connectivity index (χ1) is 10.5. The fourth-order valence-electron chi connectivity index (χ4n) is 2.02. The number of hydrogen-bond acceptors (Lipinski definition) is 3. The molecule has 0 aliphatic rings. The maximum Gasteiger partial charge on any atom is 0.261 e. The van der Waals surface area contributed by atoms with Gasteiger partial charge in [0.15, 0.2) is 5.11 Å². The van der Waals surface area contributed by atoms with Gasteiger partial charge in [-0.25, -0.2) is 0 Å². The van der Waals surface area contributed by atoms with Crippen molar-refractivity contribution in [3.63, 3.8) is 0 Å². The van der Waals surface area contributed by atoms with E-state index in [2.05, 4.69) is 26.6 Å². The number of benzene rings is 2. The molecule has 4 nitrogen and oxygen atoms in total. The summed E-state index contributed by atoms with van der Waals surface area (Å²) in [6.07, 6.45) is 0. The summed E-state index contributed by atoms with van der Waals surface area (Å²) in [5, 5.41) is 5.84. The maximum absolute atomic E-state index is 12.4. The number of halogens is 1. The molecule has 0 aromatic heterocycles. The van der Waals surface area contributed by atoms with Crippen LogP contribution in [0.15, 0.2) is 46.9 Å². The average molecular weight is 379 g/mol. The second-order valence-corrected chi connectivity index (χ2v) is 5.90. The first kappa shape index (κ1) is 16.5. The average Bonchev–Trinajstić information content (AvgIpc) is 2.47. The van der Waals surface area contributed by atoms with Gasteiger partial charge in [0.25, 0.3) is 5.91 Å². The molecule has 0 saturated heterocycles.